The zero-order chi connectivity index (χ0) is 35.6. The van der Waals surface area contributed by atoms with Gasteiger partial charge in [-0.15, -0.1) is 0 Å². The molecule has 0 saturated carbocycles. The van der Waals surface area contributed by atoms with Crippen molar-refractivity contribution in [2.24, 2.45) is 0 Å². The lowest BCUT2D eigenvalue weighted by molar-refractivity contribution is 0.271. The van der Waals surface area contributed by atoms with Crippen molar-refractivity contribution in [1.82, 2.24) is 0 Å². The Kier molecular flexibility index (Phi) is 13.5. The van der Waals surface area contributed by atoms with Gasteiger partial charge in [0.2, 0.25) is 0 Å². The van der Waals surface area contributed by atoms with Gasteiger partial charge in [-0.05, 0) is 129 Å². The fourth-order valence-corrected chi connectivity index (χ4v) is 31.3. The molecule has 0 heterocycles. The molecule has 14 heteroatoms. The van der Waals surface area contributed by atoms with Crippen molar-refractivity contribution in [3.8, 4) is 0 Å². The minimum atomic E-state index is -3.13. The van der Waals surface area contributed by atoms with Gasteiger partial charge in [-0.2, -0.15) is 0 Å². The Balaban J connectivity index is 2.48. The summed E-state index contributed by atoms with van der Waals surface area (Å²) in [6, 6.07) is 17.2. The van der Waals surface area contributed by atoms with Gasteiger partial charge in [-0.3, -0.25) is 0 Å². The minimum Gasteiger partial charge on any atom is -0.414 e. The Bertz CT molecular complexity index is 1110. The molecule has 0 radical (unpaired) electrons. The summed E-state index contributed by atoms with van der Waals surface area (Å²) in [5, 5.41) is 2.10. The van der Waals surface area contributed by atoms with Gasteiger partial charge in [0.05, 0.1) is 0 Å². The van der Waals surface area contributed by atoms with Crippen LogP contribution >= 0.6 is 0 Å². The molecule has 2 aromatic rings. The van der Waals surface area contributed by atoms with Gasteiger partial charge in [0.25, 0.3) is 0 Å². The monoisotopic (exact) mass is 768 g/mol. The molecular formula is C32H64O6Si8. The second kappa shape index (κ2) is 14.9. The summed E-state index contributed by atoms with van der Waals surface area (Å²) in [7, 11) is -18.1. The van der Waals surface area contributed by atoms with E-state index in [0.717, 1.165) is 21.5 Å². The molecule has 0 aliphatic carbocycles. The van der Waals surface area contributed by atoms with Crippen LogP contribution in [0, 0.1) is 0 Å². The first-order chi connectivity index (χ1) is 20.4. The maximum absolute atomic E-state index is 6.93. The number of rotatable bonds is 16. The summed E-state index contributed by atoms with van der Waals surface area (Å²) in [5.41, 5.74) is 2.22. The Morgan fingerprint density at radius 1 is 0.304 bits per heavy atom. The maximum atomic E-state index is 6.93. The predicted molar refractivity (Wildman–Crippen MR) is 219 cm³/mol. The predicted octanol–water partition coefficient (Wildman–Crippen LogP) is 9.26. The highest BCUT2D eigenvalue weighted by Crippen LogP contribution is 2.28. The molecule has 0 amide bonds. The van der Waals surface area contributed by atoms with Crippen LogP contribution in [0.3, 0.4) is 0 Å². The van der Waals surface area contributed by atoms with Crippen LogP contribution in [0.15, 0.2) is 48.5 Å². The molecule has 0 bridgehead atoms. The molecule has 0 saturated heterocycles. The van der Waals surface area contributed by atoms with Crippen LogP contribution in [-0.4, -0.2) is 67.5 Å². The van der Waals surface area contributed by atoms with Crippen molar-refractivity contribution in [3.63, 3.8) is 0 Å². The lowest BCUT2D eigenvalue weighted by atomic mass is 10.1. The summed E-state index contributed by atoms with van der Waals surface area (Å²) in [6.07, 6.45) is 4.31. The number of hydrogen-bond acceptors (Lipinski definition) is 6. The molecule has 0 aromatic heterocycles. The van der Waals surface area contributed by atoms with E-state index >= 15 is 0 Å². The van der Waals surface area contributed by atoms with Crippen LogP contribution in [-0.2, 0) is 24.7 Å². The molecule has 2 rings (SSSR count). The van der Waals surface area contributed by atoms with E-state index in [4.69, 9.17) is 24.7 Å². The molecule has 46 heavy (non-hydrogen) atoms. The van der Waals surface area contributed by atoms with Gasteiger partial charge in [-0.25, -0.2) is 0 Å². The van der Waals surface area contributed by atoms with E-state index in [1.54, 1.807) is 0 Å². The molecule has 0 N–H and O–H groups in total. The Morgan fingerprint density at radius 3 is 0.630 bits per heavy atom. The second-order valence-electron chi connectivity index (χ2n) is 18.0. The van der Waals surface area contributed by atoms with Crippen molar-refractivity contribution >= 4 is 90.0 Å². The van der Waals surface area contributed by atoms with Gasteiger partial charge >= 0.3 is 17.6 Å². The standard InChI is InChI=1S/C32H64O6Si8/c1-39(2,3)33-45(34-40(4,5)6,35-41(7,8)9)31-25-21-29(22-26-31)19-20-30-23-27-32(28-24-30)46(36-42(10,11)12,37-43(13,14)15)38-44(16,17)18/h19-28H,1-18H3/b20-19+. The third kappa shape index (κ3) is 15.1. The van der Waals surface area contributed by atoms with E-state index < -0.39 is 67.5 Å². The molecule has 0 atom stereocenters. The molecule has 0 spiro atoms. The molecular weight excluding hydrogens is 705 g/mol. The molecule has 260 valence electrons. The van der Waals surface area contributed by atoms with Crippen LogP contribution < -0.4 is 10.4 Å². The van der Waals surface area contributed by atoms with Crippen molar-refractivity contribution in [2.45, 2.75) is 118 Å². The van der Waals surface area contributed by atoms with E-state index in [1.165, 1.54) is 0 Å². The Hall–Kier alpha value is -0.325. The highest BCUT2D eigenvalue weighted by molar-refractivity contribution is 6.96. The Morgan fingerprint density at radius 2 is 0.478 bits per heavy atom. The highest BCUT2D eigenvalue weighted by atomic mass is 28.5. The van der Waals surface area contributed by atoms with Gasteiger partial charge < -0.3 is 24.7 Å². The topological polar surface area (TPSA) is 55.4 Å². The number of hydrogen-bond donors (Lipinski definition) is 0. The highest BCUT2D eigenvalue weighted by Gasteiger charge is 2.53. The average Bonchev–Trinajstić information content (AvgIpc) is 2.76. The molecule has 0 aliphatic heterocycles. The number of benzene rings is 2. The van der Waals surface area contributed by atoms with Crippen LogP contribution in [0.2, 0.25) is 118 Å². The van der Waals surface area contributed by atoms with Crippen molar-refractivity contribution < 1.29 is 24.7 Å². The lowest BCUT2D eigenvalue weighted by Gasteiger charge is -2.43. The first-order valence-electron chi connectivity index (χ1n) is 16.5. The van der Waals surface area contributed by atoms with Crippen LogP contribution in [0.1, 0.15) is 11.1 Å². The molecule has 2 aromatic carbocycles. The normalized spacial score (nSPS) is 14.7. The zero-order valence-electron chi connectivity index (χ0n) is 32.2. The fourth-order valence-electron chi connectivity index (χ4n) is 4.69. The maximum Gasteiger partial charge on any atom is 0.505 e. The molecule has 6 nitrogen and oxygen atoms in total. The van der Waals surface area contributed by atoms with E-state index in [-0.39, 0.29) is 0 Å². The summed E-state index contributed by atoms with van der Waals surface area (Å²) in [6.45, 7) is 39.9. The summed E-state index contributed by atoms with van der Waals surface area (Å²) < 4.78 is 41.6. The lowest BCUT2D eigenvalue weighted by Crippen LogP contribution is -2.67. The van der Waals surface area contributed by atoms with Gasteiger partial charge in [0, 0.05) is 10.4 Å². The van der Waals surface area contributed by atoms with Crippen molar-refractivity contribution in [3.05, 3.63) is 59.7 Å². The first-order valence-corrected chi connectivity index (χ1v) is 40.4. The first kappa shape index (κ1) is 41.8. The zero-order valence-corrected chi connectivity index (χ0v) is 40.2. The Labute approximate surface area is 290 Å². The third-order valence-electron chi connectivity index (χ3n) is 5.64. The van der Waals surface area contributed by atoms with E-state index in [9.17, 15) is 0 Å². The van der Waals surface area contributed by atoms with Gasteiger partial charge in [0.1, 0.15) is 0 Å². The van der Waals surface area contributed by atoms with E-state index in [1.807, 2.05) is 0 Å². The summed E-state index contributed by atoms with van der Waals surface area (Å²) in [5.74, 6) is 0. The third-order valence-corrected chi connectivity index (χ3v) is 28.9. The SMILES string of the molecule is C[Si](C)(C)O[Si](O[Si](C)(C)C)(O[Si](C)(C)C)c1ccc(/C=C/c2ccc([Si](O[Si](C)(C)C)(O[Si](C)(C)C)O[Si](C)(C)C)cc2)cc1. The molecule has 0 aliphatic rings. The fraction of sp³-hybridized carbons (Fsp3) is 0.562. The molecule has 0 unspecified atom stereocenters. The van der Waals surface area contributed by atoms with E-state index in [0.29, 0.717) is 0 Å². The smallest absolute Gasteiger partial charge is 0.414 e. The van der Waals surface area contributed by atoms with Gasteiger partial charge in [-0.1, -0.05) is 60.7 Å². The largest absolute Gasteiger partial charge is 0.505 e. The summed E-state index contributed by atoms with van der Waals surface area (Å²) >= 11 is 0. The quantitative estimate of drug-likeness (QED) is 0.125. The second-order valence-corrected chi connectivity index (χ2v) is 51.6. The van der Waals surface area contributed by atoms with Crippen molar-refractivity contribution in [2.75, 3.05) is 0 Å². The minimum absolute atomic E-state index is 1.05. The van der Waals surface area contributed by atoms with Gasteiger partial charge in [0.15, 0.2) is 49.9 Å². The van der Waals surface area contributed by atoms with Crippen LogP contribution in [0.25, 0.3) is 12.2 Å². The van der Waals surface area contributed by atoms with Crippen molar-refractivity contribution in [1.29, 1.82) is 0 Å². The molecule has 0 fully saturated rings. The average molecular weight is 770 g/mol. The van der Waals surface area contributed by atoms with Crippen LogP contribution in [0.4, 0.5) is 0 Å². The summed E-state index contributed by atoms with van der Waals surface area (Å²) in [4.78, 5) is 0. The van der Waals surface area contributed by atoms with E-state index in [2.05, 4.69) is 179 Å². The van der Waals surface area contributed by atoms with Crippen LogP contribution in [0.5, 0.6) is 0 Å².